The molecule has 2 fully saturated rings. The van der Waals surface area contributed by atoms with E-state index in [0.29, 0.717) is 32.4 Å². The van der Waals surface area contributed by atoms with Crippen LogP contribution in [0.5, 0.6) is 0 Å². The van der Waals surface area contributed by atoms with E-state index in [1.165, 1.54) is 10.6 Å². The molecule has 132 valence electrons. The Kier molecular flexibility index (Phi) is 4.68. The molecule has 0 unspecified atom stereocenters. The van der Waals surface area contributed by atoms with E-state index in [9.17, 15) is 18.3 Å². The number of rotatable bonds is 3. The molecule has 0 bridgehead atoms. The summed E-state index contributed by atoms with van der Waals surface area (Å²) in [6.07, 6.45) is 2.55. The molecule has 2 heterocycles. The van der Waals surface area contributed by atoms with Gasteiger partial charge < -0.3 is 10.0 Å². The van der Waals surface area contributed by atoms with Crippen molar-refractivity contribution in [3.63, 3.8) is 0 Å². The summed E-state index contributed by atoms with van der Waals surface area (Å²) in [5, 5.41) is 10.7. The number of hydrogen-bond acceptors (Lipinski definition) is 4. The number of β-amino-alcohol motifs (C(OH)–C–C–N with tert-alkyl or cyclic N) is 1. The van der Waals surface area contributed by atoms with Crippen molar-refractivity contribution >= 4 is 15.9 Å². The van der Waals surface area contributed by atoms with Crippen LogP contribution in [-0.4, -0.2) is 66.2 Å². The van der Waals surface area contributed by atoms with Crippen molar-refractivity contribution in [2.75, 3.05) is 25.9 Å². The van der Waals surface area contributed by atoms with Gasteiger partial charge >= 0.3 is 0 Å². The van der Waals surface area contributed by atoms with E-state index in [-0.39, 0.29) is 12.5 Å². The Hall–Kier alpha value is -1.44. The van der Waals surface area contributed by atoms with Gasteiger partial charge in [0.2, 0.25) is 15.9 Å². The Labute approximate surface area is 143 Å². The lowest BCUT2D eigenvalue weighted by Crippen LogP contribution is -2.63. The lowest BCUT2D eigenvalue weighted by atomic mass is 9.83. The van der Waals surface area contributed by atoms with Gasteiger partial charge in [-0.2, -0.15) is 4.31 Å². The first-order valence-electron chi connectivity index (χ1n) is 8.30. The molecule has 2 aliphatic rings. The molecule has 2 saturated heterocycles. The molecule has 7 heteroatoms. The summed E-state index contributed by atoms with van der Waals surface area (Å²) in [5.41, 5.74) is 0.202. The fraction of sp³-hybridized carbons (Fsp3) is 0.588. The van der Waals surface area contributed by atoms with Gasteiger partial charge in [-0.3, -0.25) is 4.79 Å². The third kappa shape index (κ3) is 3.20. The number of aliphatic hydroxyl groups is 1. The fourth-order valence-corrected chi connectivity index (χ4v) is 5.45. The maximum atomic E-state index is 12.5. The highest BCUT2D eigenvalue weighted by atomic mass is 32.2. The summed E-state index contributed by atoms with van der Waals surface area (Å²) in [6, 6.07) is 9.50. The highest BCUT2D eigenvalue weighted by molar-refractivity contribution is 7.88. The molecule has 0 radical (unpaired) electrons. The zero-order valence-corrected chi connectivity index (χ0v) is 14.7. The number of amides is 1. The van der Waals surface area contributed by atoms with Gasteiger partial charge in [0, 0.05) is 19.6 Å². The monoisotopic (exact) mass is 352 g/mol. The molecule has 0 saturated carbocycles. The van der Waals surface area contributed by atoms with Crippen LogP contribution in [0.3, 0.4) is 0 Å². The summed E-state index contributed by atoms with van der Waals surface area (Å²) in [5.74, 6) is -0.0287. The first-order chi connectivity index (χ1) is 11.3. The van der Waals surface area contributed by atoms with E-state index in [2.05, 4.69) is 0 Å². The Balaban J connectivity index is 1.70. The standard InChI is InChI=1S/C17H24N2O4S/c1-24(22,23)19-10-5-8-17(19)9-11-18(13-15(17)20)16(21)12-14-6-3-2-4-7-14/h2-4,6-7,15,20H,5,8-13H2,1H3/t15-,17-/m0/s1. The Morgan fingerprint density at radius 1 is 1.25 bits per heavy atom. The minimum atomic E-state index is -3.36. The van der Waals surface area contributed by atoms with Crippen molar-refractivity contribution in [1.82, 2.24) is 9.21 Å². The van der Waals surface area contributed by atoms with Crippen LogP contribution in [0.1, 0.15) is 24.8 Å². The van der Waals surface area contributed by atoms with Crippen LogP contribution >= 0.6 is 0 Å². The van der Waals surface area contributed by atoms with Gasteiger partial charge in [0.25, 0.3) is 0 Å². The number of aliphatic hydroxyl groups excluding tert-OH is 1. The second kappa shape index (κ2) is 6.46. The highest BCUT2D eigenvalue weighted by Gasteiger charge is 2.53. The average molecular weight is 352 g/mol. The lowest BCUT2D eigenvalue weighted by Gasteiger charge is -2.47. The smallest absolute Gasteiger partial charge is 0.227 e. The maximum absolute atomic E-state index is 12.5. The first-order valence-corrected chi connectivity index (χ1v) is 10.2. The van der Waals surface area contributed by atoms with Crippen molar-refractivity contribution in [1.29, 1.82) is 0 Å². The number of sulfonamides is 1. The van der Waals surface area contributed by atoms with Crippen molar-refractivity contribution in [3.05, 3.63) is 35.9 Å². The lowest BCUT2D eigenvalue weighted by molar-refractivity contribution is -0.137. The Morgan fingerprint density at radius 3 is 2.58 bits per heavy atom. The second-order valence-electron chi connectivity index (χ2n) is 6.81. The van der Waals surface area contributed by atoms with Gasteiger partial charge in [-0.1, -0.05) is 30.3 Å². The second-order valence-corrected chi connectivity index (χ2v) is 8.72. The molecule has 24 heavy (non-hydrogen) atoms. The molecule has 1 amide bonds. The predicted molar refractivity (Wildman–Crippen MR) is 90.9 cm³/mol. The SMILES string of the molecule is CS(=O)(=O)N1CCC[C@@]12CCN(C(=O)Cc1ccccc1)C[C@@H]2O. The van der Waals surface area contributed by atoms with Crippen molar-refractivity contribution < 1.29 is 18.3 Å². The number of carbonyl (C=O) groups excluding carboxylic acids is 1. The van der Waals surface area contributed by atoms with Gasteiger partial charge in [0.1, 0.15) is 0 Å². The van der Waals surface area contributed by atoms with Crippen LogP contribution in [0.2, 0.25) is 0 Å². The fourth-order valence-electron chi connectivity index (χ4n) is 4.03. The third-order valence-electron chi connectivity index (χ3n) is 5.25. The molecule has 6 nitrogen and oxygen atoms in total. The van der Waals surface area contributed by atoms with E-state index in [1.807, 2.05) is 30.3 Å². The summed E-state index contributed by atoms with van der Waals surface area (Å²) in [4.78, 5) is 14.1. The molecule has 2 aliphatic heterocycles. The third-order valence-corrected chi connectivity index (χ3v) is 6.59. The predicted octanol–water partition coefficient (Wildman–Crippen LogP) is 0.616. The molecular formula is C17H24N2O4S. The van der Waals surface area contributed by atoms with Gasteiger partial charge in [0.05, 0.1) is 24.3 Å². The number of carbonyl (C=O) groups is 1. The van der Waals surface area contributed by atoms with Crippen molar-refractivity contribution in [2.24, 2.45) is 0 Å². The van der Waals surface area contributed by atoms with Crippen LogP contribution in [0.25, 0.3) is 0 Å². The van der Waals surface area contributed by atoms with Crippen LogP contribution in [0.4, 0.5) is 0 Å². The van der Waals surface area contributed by atoms with Gasteiger partial charge in [-0.05, 0) is 24.8 Å². The highest BCUT2D eigenvalue weighted by Crippen LogP contribution is 2.40. The Morgan fingerprint density at radius 2 is 1.96 bits per heavy atom. The van der Waals surface area contributed by atoms with Crippen LogP contribution in [0.15, 0.2) is 30.3 Å². The molecule has 1 aromatic rings. The van der Waals surface area contributed by atoms with Crippen LogP contribution in [-0.2, 0) is 21.2 Å². The zero-order chi connectivity index (χ0) is 17.4. The largest absolute Gasteiger partial charge is 0.389 e. The van der Waals surface area contributed by atoms with E-state index in [4.69, 9.17) is 0 Å². The van der Waals surface area contributed by atoms with Crippen LogP contribution < -0.4 is 0 Å². The van der Waals surface area contributed by atoms with E-state index in [0.717, 1.165) is 12.0 Å². The van der Waals surface area contributed by atoms with Gasteiger partial charge in [-0.25, -0.2) is 8.42 Å². The summed E-state index contributed by atoms with van der Waals surface area (Å²) in [7, 11) is -3.36. The van der Waals surface area contributed by atoms with Crippen molar-refractivity contribution in [2.45, 2.75) is 37.3 Å². The molecule has 3 rings (SSSR count). The van der Waals surface area contributed by atoms with E-state index in [1.54, 1.807) is 4.90 Å². The molecule has 1 N–H and O–H groups in total. The summed E-state index contributed by atoms with van der Waals surface area (Å²) < 4.78 is 25.5. The van der Waals surface area contributed by atoms with Gasteiger partial charge in [0.15, 0.2) is 0 Å². The Bertz CT molecular complexity index is 707. The molecular weight excluding hydrogens is 328 g/mol. The normalized spacial score (nSPS) is 28.4. The van der Waals surface area contributed by atoms with Crippen LogP contribution in [0, 0.1) is 0 Å². The molecule has 1 aromatic carbocycles. The zero-order valence-electron chi connectivity index (χ0n) is 13.9. The van der Waals surface area contributed by atoms with Gasteiger partial charge in [-0.15, -0.1) is 0 Å². The molecule has 1 spiro atoms. The first kappa shape index (κ1) is 17.4. The summed E-state index contributed by atoms with van der Waals surface area (Å²) in [6.45, 7) is 1.13. The average Bonchev–Trinajstić information content (AvgIpc) is 2.96. The van der Waals surface area contributed by atoms with E-state index < -0.39 is 21.7 Å². The maximum Gasteiger partial charge on any atom is 0.227 e. The van der Waals surface area contributed by atoms with E-state index >= 15 is 0 Å². The topological polar surface area (TPSA) is 77.9 Å². The summed E-state index contributed by atoms with van der Waals surface area (Å²) >= 11 is 0. The molecule has 0 aromatic heterocycles. The van der Waals surface area contributed by atoms with Crippen molar-refractivity contribution in [3.8, 4) is 0 Å². The number of hydrogen-bond donors (Lipinski definition) is 1. The minimum absolute atomic E-state index is 0.0287. The molecule has 0 aliphatic carbocycles. The number of likely N-dealkylation sites (tertiary alicyclic amines) is 1. The minimum Gasteiger partial charge on any atom is -0.389 e. The number of piperidine rings is 1. The quantitative estimate of drug-likeness (QED) is 0.865. The number of nitrogens with zero attached hydrogens (tertiary/aromatic N) is 2. The molecule has 2 atom stereocenters. The number of benzene rings is 1.